The molecular weight excluding hydrogens is 394 g/mol. The Labute approximate surface area is 173 Å². The van der Waals surface area contributed by atoms with Crippen LogP contribution in [0.2, 0.25) is 0 Å². The summed E-state index contributed by atoms with van der Waals surface area (Å²) in [5, 5.41) is 0. The van der Waals surface area contributed by atoms with Crippen molar-refractivity contribution < 1.29 is 18.6 Å². The SMILES string of the molecule is COC(C)c1nc2c(N)nc(C)c(C)c2n1CCOCCCN1CCCS1(O)O. The summed E-state index contributed by atoms with van der Waals surface area (Å²) in [6, 6.07) is 0. The summed E-state index contributed by atoms with van der Waals surface area (Å²) in [6.07, 6.45) is 1.42. The van der Waals surface area contributed by atoms with Gasteiger partial charge in [-0.05, 0) is 39.2 Å². The third-order valence-electron chi connectivity index (χ3n) is 5.54. The minimum atomic E-state index is -2.54. The first-order valence-electron chi connectivity index (χ1n) is 10.0. The molecule has 2 aromatic rings. The molecule has 1 atom stereocenters. The molecule has 0 amide bonds. The van der Waals surface area contributed by atoms with Gasteiger partial charge in [0.15, 0.2) is 5.82 Å². The average Bonchev–Trinajstić information content (AvgIpc) is 3.22. The highest BCUT2D eigenvalue weighted by Crippen LogP contribution is 2.48. The topological polar surface area (TPSA) is 119 Å². The predicted molar refractivity (Wildman–Crippen MR) is 116 cm³/mol. The van der Waals surface area contributed by atoms with E-state index in [0.717, 1.165) is 42.0 Å². The van der Waals surface area contributed by atoms with Gasteiger partial charge in [-0.2, -0.15) is 0 Å². The molecule has 1 saturated heterocycles. The molecule has 29 heavy (non-hydrogen) atoms. The summed E-state index contributed by atoms with van der Waals surface area (Å²) in [6.45, 7) is 9.03. The number of hydrogen-bond donors (Lipinski definition) is 3. The molecule has 0 radical (unpaired) electrons. The minimum absolute atomic E-state index is 0.179. The van der Waals surface area contributed by atoms with E-state index in [-0.39, 0.29) is 6.10 Å². The van der Waals surface area contributed by atoms with Crippen LogP contribution in [0, 0.1) is 13.8 Å². The van der Waals surface area contributed by atoms with Crippen LogP contribution < -0.4 is 5.73 Å². The lowest BCUT2D eigenvalue weighted by Gasteiger charge is -2.36. The van der Waals surface area contributed by atoms with E-state index in [9.17, 15) is 9.11 Å². The Kier molecular flexibility index (Phi) is 7.02. The zero-order chi connectivity index (χ0) is 21.2. The Morgan fingerprint density at radius 3 is 2.62 bits per heavy atom. The molecule has 1 fully saturated rings. The number of imidazole rings is 1. The summed E-state index contributed by atoms with van der Waals surface area (Å²) >= 11 is 0. The molecule has 10 heteroatoms. The van der Waals surface area contributed by atoms with Crippen molar-refractivity contribution in [3.8, 4) is 0 Å². The number of hydrogen-bond acceptors (Lipinski definition) is 8. The maximum absolute atomic E-state index is 9.95. The zero-order valence-electron chi connectivity index (χ0n) is 17.7. The molecule has 4 N–H and O–H groups in total. The van der Waals surface area contributed by atoms with E-state index in [1.54, 1.807) is 11.4 Å². The van der Waals surface area contributed by atoms with Crippen LogP contribution in [-0.4, -0.2) is 67.1 Å². The van der Waals surface area contributed by atoms with Gasteiger partial charge in [-0.15, -0.1) is 10.8 Å². The van der Waals surface area contributed by atoms with Crippen molar-refractivity contribution in [3.05, 3.63) is 17.1 Å². The normalized spacial score (nSPS) is 19.1. The van der Waals surface area contributed by atoms with E-state index < -0.39 is 10.8 Å². The second-order valence-corrected chi connectivity index (χ2v) is 9.68. The molecule has 0 saturated carbocycles. The van der Waals surface area contributed by atoms with Gasteiger partial charge in [0.05, 0.1) is 17.9 Å². The highest BCUT2D eigenvalue weighted by atomic mass is 32.3. The average molecular weight is 428 g/mol. The van der Waals surface area contributed by atoms with E-state index >= 15 is 0 Å². The summed E-state index contributed by atoms with van der Waals surface area (Å²) in [4.78, 5) is 9.10. The van der Waals surface area contributed by atoms with Gasteiger partial charge >= 0.3 is 0 Å². The van der Waals surface area contributed by atoms with Crippen molar-refractivity contribution >= 4 is 27.6 Å². The van der Waals surface area contributed by atoms with Crippen molar-refractivity contribution in [2.45, 2.75) is 46.3 Å². The standard InChI is InChI=1S/C19H33N5O4S/c1-13-14(2)21-18(20)16-17(13)24(19(22-16)15(3)27-4)9-11-28-10-5-7-23-8-6-12-29(23,25)26/h15,25-26H,5-12H2,1-4H3,(H2,20,21). The van der Waals surface area contributed by atoms with Crippen molar-refractivity contribution in [1.29, 1.82) is 0 Å². The first kappa shape index (κ1) is 22.3. The lowest BCUT2D eigenvalue weighted by Crippen LogP contribution is -2.24. The van der Waals surface area contributed by atoms with Gasteiger partial charge in [-0.25, -0.2) is 14.3 Å². The molecule has 1 aliphatic heterocycles. The summed E-state index contributed by atoms with van der Waals surface area (Å²) < 4.78 is 35.1. The number of pyridine rings is 1. The van der Waals surface area contributed by atoms with Gasteiger partial charge in [-0.3, -0.25) is 9.11 Å². The van der Waals surface area contributed by atoms with E-state index in [1.807, 2.05) is 20.8 Å². The van der Waals surface area contributed by atoms with E-state index in [0.29, 0.717) is 43.4 Å². The molecule has 0 aromatic carbocycles. The van der Waals surface area contributed by atoms with Crippen LogP contribution in [0.1, 0.15) is 43.0 Å². The Morgan fingerprint density at radius 2 is 1.97 bits per heavy atom. The molecule has 0 spiro atoms. The highest BCUT2D eigenvalue weighted by Gasteiger charge is 2.28. The van der Waals surface area contributed by atoms with Gasteiger partial charge in [0, 0.05) is 39.0 Å². The molecule has 0 aliphatic carbocycles. The second kappa shape index (κ2) is 9.15. The van der Waals surface area contributed by atoms with Gasteiger partial charge in [0.2, 0.25) is 0 Å². The number of nitrogens with two attached hydrogens (primary N) is 1. The second-order valence-electron chi connectivity index (χ2n) is 7.49. The number of anilines is 1. The third-order valence-corrected chi connectivity index (χ3v) is 7.57. The number of aryl methyl sites for hydroxylation is 2. The molecule has 3 rings (SSSR count). The van der Waals surface area contributed by atoms with Gasteiger partial charge < -0.3 is 19.8 Å². The number of rotatable bonds is 9. The first-order valence-corrected chi connectivity index (χ1v) is 11.7. The van der Waals surface area contributed by atoms with Crippen molar-refractivity contribution in [2.75, 3.05) is 44.9 Å². The quantitative estimate of drug-likeness (QED) is 0.522. The molecular formula is C19H33N5O4S. The van der Waals surface area contributed by atoms with Gasteiger partial charge in [-0.1, -0.05) is 0 Å². The molecule has 164 valence electrons. The van der Waals surface area contributed by atoms with Gasteiger partial charge in [0.25, 0.3) is 0 Å². The summed E-state index contributed by atoms with van der Waals surface area (Å²) in [5.74, 6) is 1.72. The van der Waals surface area contributed by atoms with E-state index in [4.69, 9.17) is 20.2 Å². The molecule has 9 nitrogen and oxygen atoms in total. The lowest BCUT2D eigenvalue weighted by molar-refractivity contribution is 0.0995. The highest BCUT2D eigenvalue weighted by molar-refractivity contribution is 8.22. The van der Waals surface area contributed by atoms with Crippen LogP contribution in [-0.2, 0) is 16.0 Å². The van der Waals surface area contributed by atoms with Crippen LogP contribution in [0.4, 0.5) is 5.82 Å². The Balaban J connectivity index is 1.64. The third kappa shape index (κ3) is 4.68. The van der Waals surface area contributed by atoms with Crippen LogP contribution in [0.15, 0.2) is 0 Å². The largest absolute Gasteiger partial charge is 0.382 e. The zero-order valence-corrected chi connectivity index (χ0v) is 18.5. The van der Waals surface area contributed by atoms with Crippen LogP contribution in [0.25, 0.3) is 11.0 Å². The van der Waals surface area contributed by atoms with Crippen molar-refractivity contribution in [2.24, 2.45) is 0 Å². The maximum atomic E-state index is 9.95. The molecule has 3 heterocycles. The van der Waals surface area contributed by atoms with Crippen LogP contribution in [0.3, 0.4) is 0 Å². The fourth-order valence-corrected chi connectivity index (χ4v) is 5.35. The fourth-order valence-electron chi connectivity index (χ4n) is 3.73. The molecule has 1 unspecified atom stereocenters. The smallest absolute Gasteiger partial charge is 0.151 e. The number of aromatic nitrogens is 3. The summed E-state index contributed by atoms with van der Waals surface area (Å²) in [7, 11) is -0.877. The maximum Gasteiger partial charge on any atom is 0.151 e. The molecule has 0 bridgehead atoms. The Bertz CT molecular complexity index is 857. The van der Waals surface area contributed by atoms with Crippen LogP contribution in [0.5, 0.6) is 0 Å². The van der Waals surface area contributed by atoms with Crippen molar-refractivity contribution in [1.82, 2.24) is 18.8 Å². The number of ether oxygens (including phenoxy) is 2. The molecule has 2 aromatic heterocycles. The van der Waals surface area contributed by atoms with E-state index in [1.165, 1.54) is 0 Å². The van der Waals surface area contributed by atoms with Crippen LogP contribution >= 0.6 is 10.8 Å². The summed E-state index contributed by atoms with van der Waals surface area (Å²) in [5.41, 5.74) is 9.74. The lowest BCUT2D eigenvalue weighted by atomic mass is 10.2. The Morgan fingerprint density at radius 1 is 1.21 bits per heavy atom. The minimum Gasteiger partial charge on any atom is -0.382 e. The molecule has 1 aliphatic rings. The number of nitrogen functional groups attached to an aromatic ring is 1. The monoisotopic (exact) mass is 427 g/mol. The van der Waals surface area contributed by atoms with Crippen molar-refractivity contribution in [3.63, 3.8) is 0 Å². The fraction of sp³-hybridized carbons (Fsp3) is 0.684. The predicted octanol–water partition coefficient (Wildman–Crippen LogP) is 3.12. The van der Waals surface area contributed by atoms with E-state index in [2.05, 4.69) is 9.55 Å². The number of fused-ring (bicyclic) bond motifs is 1. The Hall–Kier alpha value is -1.43. The van der Waals surface area contributed by atoms with Gasteiger partial charge in [0.1, 0.15) is 17.4 Å². The number of nitrogens with zero attached hydrogens (tertiary/aromatic N) is 4. The number of methoxy groups -OCH3 is 1. The first-order chi connectivity index (χ1) is 13.8.